The highest BCUT2D eigenvalue weighted by Crippen LogP contribution is 2.26. The van der Waals surface area contributed by atoms with Crippen LogP contribution in [-0.4, -0.2) is 21.7 Å². The maximum Gasteiger partial charge on any atom is 0.137 e. The smallest absolute Gasteiger partial charge is 0.137 e. The van der Waals surface area contributed by atoms with Crippen molar-refractivity contribution in [2.75, 3.05) is 6.73 Å². The lowest BCUT2D eigenvalue weighted by molar-refractivity contribution is 0.329. The van der Waals surface area contributed by atoms with E-state index in [4.69, 9.17) is 10.5 Å². The summed E-state index contributed by atoms with van der Waals surface area (Å²) in [5, 5.41) is 0. The first-order valence-corrected chi connectivity index (χ1v) is 6.54. The largest absolute Gasteiger partial charge is 0.478 e. The maximum atomic E-state index is 5.46. The quantitative estimate of drug-likeness (QED) is 0.742. The van der Waals surface area contributed by atoms with Gasteiger partial charge in [0.05, 0.1) is 22.8 Å². The monoisotopic (exact) mass is 278 g/mol. The summed E-state index contributed by atoms with van der Waals surface area (Å²) in [4.78, 5) is 13.2. The van der Waals surface area contributed by atoms with Crippen LogP contribution in [0, 0.1) is 0 Å². The second-order valence-corrected chi connectivity index (χ2v) is 4.31. The predicted molar refractivity (Wildman–Crippen MR) is 80.4 cm³/mol. The van der Waals surface area contributed by atoms with Crippen molar-refractivity contribution >= 4 is 0 Å². The second-order valence-electron chi connectivity index (χ2n) is 4.31. The zero-order chi connectivity index (χ0) is 14.5. The summed E-state index contributed by atoms with van der Waals surface area (Å²) in [6, 6.07) is 15.0. The minimum atomic E-state index is 0.104. The number of aromatic nitrogens is 3. The molecule has 21 heavy (non-hydrogen) atoms. The average Bonchev–Trinajstić information content (AvgIpc) is 2.56. The van der Waals surface area contributed by atoms with Gasteiger partial charge in [0.2, 0.25) is 0 Å². The van der Waals surface area contributed by atoms with Gasteiger partial charge in [-0.05, 0) is 24.3 Å². The van der Waals surface area contributed by atoms with Crippen molar-refractivity contribution in [1.82, 2.24) is 15.0 Å². The van der Waals surface area contributed by atoms with Crippen LogP contribution in [0.15, 0.2) is 60.9 Å². The molecule has 3 aromatic heterocycles. The van der Waals surface area contributed by atoms with Gasteiger partial charge in [-0.25, -0.2) is 4.98 Å². The molecule has 5 nitrogen and oxygen atoms in total. The molecule has 0 saturated carbocycles. The van der Waals surface area contributed by atoms with E-state index in [0.29, 0.717) is 5.75 Å². The zero-order valence-electron chi connectivity index (χ0n) is 11.3. The Bertz CT molecular complexity index is 659. The molecule has 0 fully saturated rings. The Balaban J connectivity index is 2.11. The topological polar surface area (TPSA) is 73.9 Å². The van der Waals surface area contributed by atoms with E-state index in [1.165, 1.54) is 0 Å². The van der Waals surface area contributed by atoms with Crippen LogP contribution in [0.25, 0.3) is 22.8 Å². The molecule has 3 aromatic rings. The summed E-state index contributed by atoms with van der Waals surface area (Å²) in [5.41, 5.74) is 8.46. The van der Waals surface area contributed by atoms with Gasteiger partial charge >= 0.3 is 0 Å². The number of hydrogen-bond acceptors (Lipinski definition) is 5. The van der Waals surface area contributed by atoms with Gasteiger partial charge in [0.15, 0.2) is 0 Å². The molecule has 0 aliphatic carbocycles. The molecule has 0 radical (unpaired) electrons. The molecule has 0 spiro atoms. The van der Waals surface area contributed by atoms with Crippen molar-refractivity contribution in [3.63, 3.8) is 0 Å². The molecule has 5 heteroatoms. The first-order chi connectivity index (χ1) is 10.4. The summed E-state index contributed by atoms with van der Waals surface area (Å²) < 4.78 is 5.41. The van der Waals surface area contributed by atoms with Crippen LogP contribution in [-0.2, 0) is 0 Å². The third-order valence-electron chi connectivity index (χ3n) is 2.90. The average molecular weight is 278 g/mol. The highest BCUT2D eigenvalue weighted by atomic mass is 16.5. The lowest BCUT2D eigenvalue weighted by Gasteiger charge is -2.09. The van der Waals surface area contributed by atoms with Crippen molar-refractivity contribution in [2.45, 2.75) is 0 Å². The Kier molecular flexibility index (Phi) is 3.84. The first kappa shape index (κ1) is 13.2. The van der Waals surface area contributed by atoms with Crippen LogP contribution in [0.2, 0.25) is 0 Å². The molecule has 3 rings (SSSR count). The molecule has 0 aliphatic heterocycles. The summed E-state index contributed by atoms with van der Waals surface area (Å²) >= 11 is 0. The van der Waals surface area contributed by atoms with Gasteiger partial charge in [0.1, 0.15) is 12.5 Å². The van der Waals surface area contributed by atoms with Crippen LogP contribution < -0.4 is 10.5 Å². The number of ether oxygens (including phenoxy) is 1. The molecule has 0 unspecified atom stereocenters. The third-order valence-corrected chi connectivity index (χ3v) is 2.90. The van der Waals surface area contributed by atoms with Crippen LogP contribution in [0.5, 0.6) is 5.75 Å². The van der Waals surface area contributed by atoms with Crippen molar-refractivity contribution in [3.05, 3.63) is 60.9 Å². The normalized spacial score (nSPS) is 10.3. The van der Waals surface area contributed by atoms with Gasteiger partial charge in [-0.3, -0.25) is 15.7 Å². The van der Waals surface area contributed by atoms with Gasteiger partial charge < -0.3 is 4.74 Å². The zero-order valence-corrected chi connectivity index (χ0v) is 11.3. The molecule has 0 aliphatic rings. The van der Waals surface area contributed by atoms with Crippen molar-refractivity contribution < 1.29 is 4.74 Å². The molecule has 3 heterocycles. The molecule has 0 atom stereocenters. The number of hydrogen-bond donors (Lipinski definition) is 1. The summed E-state index contributed by atoms with van der Waals surface area (Å²) in [5.74, 6) is 0.647. The van der Waals surface area contributed by atoms with Crippen LogP contribution in [0.1, 0.15) is 0 Å². The SMILES string of the molecule is NCOc1cc(-c2ccccn2)nc(-c2ccccn2)c1. The fourth-order valence-electron chi connectivity index (χ4n) is 1.98. The van der Waals surface area contributed by atoms with Crippen molar-refractivity contribution in [2.24, 2.45) is 5.73 Å². The molecule has 0 bridgehead atoms. The Hall–Kier alpha value is -2.79. The van der Waals surface area contributed by atoms with Gasteiger partial charge in [0.25, 0.3) is 0 Å². The number of nitrogens with two attached hydrogens (primary N) is 1. The van der Waals surface area contributed by atoms with Gasteiger partial charge in [0, 0.05) is 24.5 Å². The van der Waals surface area contributed by atoms with Crippen molar-refractivity contribution in [1.29, 1.82) is 0 Å². The predicted octanol–water partition coefficient (Wildman–Crippen LogP) is 2.50. The highest BCUT2D eigenvalue weighted by Gasteiger charge is 2.09. The standard InChI is InChI=1S/C16H14N4O/c17-11-21-12-9-15(13-5-1-3-7-18-13)20-16(10-12)14-6-2-4-8-19-14/h1-10H,11,17H2. The van der Waals surface area contributed by atoms with E-state index in [-0.39, 0.29) is 6.73 Å². The Morgan fingerprint density at radius 3 is 1.81 bits per heavy atom. The van der Waals surface area contributed by atoms with E-state index < -0.39 is 0 Å². The molecular formula is C16H14N4O. The van der Waals surface area contributed by atoms with Crippen molar-refractivity contribution in [3.8, 4) is 28.5 Å². The summed E-state index contributed by atoms with van der Waals surface area (Å²) in [6.07, 6.45) is 3.46. The van der Waals surface area contributed by atoms with E-state index >= 15 is 0 Å². The van der Waals surface area contributed by atoms with Gasteiger partial charge in [-0.1, -0.05) is 12.1 Å². The molecule has 0 saturated heterocycles. The summed E-state index contributed by atoms with van der Waals surface area (Å²) in [7, 11) is 0. The summed E-state index contributed by atoms with van der Waals surface area (Å²) in [6.45, 7) is 0.104. The molecular weight excluding hydrogens is 264 g/mol. The lowest BCUT2D eigenvalue weighted by Crippen LogP contribution is -2.07. The minimum absolute atomic E-state index is 0.104. The molecule has 2 N–H and O–H groups in total. The second kappa shape index (κ2) is 6.11. The fraction of sp³-hybridized carbons (Fsp3) is 0.0625. The van der Waals surface area contributed by atoms with E-state index in [1.54, 1.807) is 12.4 Å². The minimum Gasteiger partial charge on any atom is -0.478 e. The number of pyridine rings is 3. The highest BCUT2D eigenvalue weighted by molar-refractivity contribution is 5.64. The number of nitrogens with zero attached hydrogens (tertiary/aromatic N) is 3. The van der Waals surface area contributed by atoms with E-state index in [9.17, 15) is 0 Å². The van der Waals surface area contributed by atoms with E-state index in [2.05, 4.69) is 15.0 Å². The Morgan fingerprint density at radius 1 is 0.810 bits per heavy atom. The fourth-order valence-corrected chi connectivity index (χ4v) is 1.98. The van der Waals surface area contributed by atoms with Crippen LogP contribution in [0.4, 0.5) is 0 Å². The Labute approximate surface area is 122 Å². The lowest BCUT2D eigenvalue weighted by atomic mass is 10.2. The Morgan fingerprint density at radius 2 is 1.38 bits per heavy atom. The molecule has 0 aromatic carbocycles. The van der Waals surface area contributed by atoms with E-state index in [0.717, 1.165) is 22.8 Å². The molecule has 0 amide bonds. The third kappa shape index (κ3) is 3.04. The van der Waals surface area contributed by atoms with Gasteiger partial charge in [-0.15, -0.1) is 0 Å². The number of rotatable bonds is 4. The van der Waals surface area contributed by atoms with Crippen LogP contribution >= 0.6 is 0 Å². The van der Waals surface area contributed by atoms with Crippen LogP contribution in [0.3, 0.4) is 0 Å². The molecule has 104 valence electrons. The maximum absolute atomic E-state index is 5.46. The van der Waals surface area contributed by atoms with E-state index in [1.807, 2.05) is 48.5 Å². The van der Waals surface area contributed by atoms with Gasteiger partial charge in [-0.2, -0.15) is 0 Å². The first-order valence-electron chi connectivity index (χ1n) is 6.54.